The van der Waals surface area contributed by atoms with Crippen molar-refractivity contribution in [3.63, 3.8) is 0 Å². The Bertz CT molecular complexity index is 341. The Morgan fingerprint density at radius 3 is 2.67 bits per heavy atom. The molecular weight excluding hydrogens is 217 g/mol. The average molecular weight is 229 g/mol. The van der Waals surface area contributed by atoms with Gasteiger partial charge in [-0.05, 0) is 12.1 Å². The summed E-state index contributed by atoms with van der Waals surface area (Å²) in [6.07, 6.45) is -0.0748. The molecule has 0 bridgehead atoms. The van der Waals surface area contributed by atoms with Crippen molar-refractivity contribution in [2.45, 2.75) is 6.42 Å². The Hall–Kier alpha value is -1.32. The number of aliphatic carboxylic acids is 1. The van der Waals surface area contributed by atoms with E-state index in [2.05, 4.69) is 5.09 Å². The molecule has 0 aliphatic heterocycles. The zero-order valence-corrected chi connectivity index (χ0v) is 8.97. The van der Waals surface area contributed by atoms with Crippen molar-refractivity contribution in [3.05, 3.63) is 30.3 Å². The van der Waals surface area contributed by atoms with Gasteiger partial charge in [0.1, 0.15) is 5.75 Å². The number of nitrogens with one attached hydrogen (secondary N) is 1. The second kappa shape index (κ2) is 6.22. The molecule has 0 amide bonds. The predicted octanol–water partition coefficient (Wildman–Crippen LogP) is 1.52. The van der Waals surface area contributed by atoms with Crippen molar-refractivity contribution < 1.29 is 19.0 Å². The van der Waals surface area contributed by atoms with Crippen molar-refractivity contribution >= 4 is 14.1 Å². The van der Waals surface area contributed by atoms with E-state index in [1.807, 2.05) is 6.07 Å². The van der Waals surface area contributed by atoms with Gasteiger partial charge in [-0.1, -0.05) is 18.2 Å². The van der Waals surface area contributed by atoms with E-state index in [4.69, 9.17) is 9.63 Å². The van der Waals surface area contributed by atoms with Gasteiger partial charge in [-0.2, -0.15) is 0 Å². The minimum Gasteiger partial charge on any atom is -0.481 e. The number of carboxylic acid groups (broad SMARTS) is 1. The van der Waals surface area contributed by atoms with E-state index in [1.165, 1.54) is 0 Å². The molecule has 82 valence electrons. The molecule has 1 aromatic rings. The highest BCUT2D eigenvalue weighted by Crippen LogP contribution is 2.22. The molecule has 0 aliphatic rings. The Labute approximate surface area is 88.0 Å². The third kappa shape index (κ3) is 5.20. The van der Waals surface area contributed by atoms with E-state index in [0.717, 1.165) is 0 Å². The molecule has 0 saturated carbocycles. The van der Waals surface area contributed by atoms with Crippen molar-refractivity contribution in [2.24, 2.45) is 0 Å². The topological polar surface area (TPSA) is 75.6 Å². The zero-order chi connectivity index (χ0) is 11.1. The Balaban J connectivity index is 2.28. The summed E-state index contributed by atoms with van der Waals surface area (Å²) in [5.41, 5.74) is 0. The lowest BCUT2D eigenvalue weighted by atomic mass is 10.3. The smallest absolute Gasteiger partial charge is 0.305 e. The minimum atomic E-state index is -2.40. The summed E-state index contributed by atoms with van der Waals surface area (Å²) in [5, 5.41) is 10.9. The van der Waals surface area contributed by atoms with Gasteiger partial charge in [0, 0.05) is 6.54 Å². The molecule has 0 aromatic heterocycles. The van der Waals surface area contributed by atoms with Gasteiger partial charge in [0.15, 0.2) is 0 Å². The van der Waals surface area contributed by atoms with Crippen LogP contribution in [0.4, 0.5) is 0 Å². The van der Waals surface area contributed by atoms with Crippen molar-refractivity contribution in [1.82, 2.24) is 5.09 Å². The van der Waals surface area contributed by atoms with Crippen LogP contribution in [0.1, 0.15) is 6.42 Å². The van der Waals surface area contributed by atoms with Gasteiger partial charge in [-0.3, -0.25) is 9.36 Å². The summed E-state index contributed by atoms with van der Waals surface area (Å²) in [7, 11) is -2.40. The van der Waals surface area contributed by atoms with E-state index in [9.17, 15) is 9.36 Å². The van der Waals surface area contributed by atoms with Gasteiger partial charge in [-0.15, -0.1) is 0 Å². The lowest BCUT2D eigenvalue weighted by molar-refractivity contribution is -0.136. The highest BCUT2D eigenvalue weighted by Gasteiger charge is 2.01. The molecule has 0 spiro atoms. The largest absolute Gasteiger partial charge is 0.481 e. The third-order valence-electron chi connectivity index (χ3n) is 1.56. The fourth-order valence-electron chi connectivity index (χ4n) is 0.903. The monoisotopic (exact) mass is 229 g/mol. The summed E-state index contributed by atoms with van der Waals surface area (Å²) < 4.78 is 16.3. The van der Waals surface area contributed by atoms with Crippen LogP contribution in [0.5, 0.6) is 5.75 Å². The molecule has 1 atom stereocenters. The number of carboxylic acids is 1. The molecule has 1 rings (SSSR count). The second-order valence-electron chi connectivity index (χ2n) is 2.77. The average Bonchev–Trinajstić information content (AvgIpc) is 2.18. The highest BCUT2D eigenvalue weighted by atomic mass is 31.1. The third-order valence-corrected chi connectivity index (χ3v) is 2.52. The van der Waals surface area contributed by atoms with Gasteiger partial charge < -0.3 is 9.63 Å². The molecule has 0 saturated heterocycles. The molecule has 1 aromatic carbocycles. The van der Waals surface area contributed by atoms with Gasteiger partial charge in [0.05, 0.1) is 6.42 Å². The van der Waals surface area contributed by atoms with Crippen LogP contribution < -0.4 is 9.61 Å². The molecule has 0 radical (unpaired) electrons. The van der Waals surface area contributed by atoms with E-state index in [-0.39, 0.29) is 13.0 Å². The van der Waals surface area contributed by atoms with Crippen molar-refractivity contribution in [3.8, 4) is 5.75 Å². The Morgan fingerprint density at radius 2 is 2.07 bits per heavy atom. The van der Waals surface area contributed by atoms with Gasteiger partial charge >= 0.3 is 14.1 Å². The van der Waals surface area contributed by atoms with Crippen LogP contribution in [0.2, 0.25) is 0 Å². The van der Waals surface area contributed by atoms with Gasteiger partial charge in [-0.25, -0.2) is 5.09 Å². The van der Waals surface area contributed by atoms with E-state index < -0.39 is 14.1 Å². The Morgan fingerprint density at radius 1 is 1.40 bits per heavy atom. The zero-order valence-electron chi connectivity index (χ0n) is 7.97. The van der Waals surface area contributed by atoms with Crippen LogP contribution >= 0.6 is 8.18 Å². The normalized spacial score (nSPS) is 12.0. The van der Waals surface area contributed by atoms with E-state index >= 15 is 0 Å². The standard InChI is InChI=1S/C9H12NO4P/c11-9(12)6-7-10-15(13)14-8-4-2-1-3-5-8/h1-5,15H,6-7H2,(H,10,13)(H,11,12). The fraction of sp³-hybridized carbons (Fsp3) is 0.222. The highest BCUT2D eigenvalue weighted by molar-refractivity contribution is 7.37. The molecular formula is C9H12NO4P. The van der Waals surface area contributed by atoms with Crippen molar-refractivity contribution in [2.75, 3.05) is 6.54 Å². The number of hydrogen-bond donors (Lipinski definition) is 2. The number of benzene rings is 1. The van der Waals surface area contributed by atoms with Crippen molar-refractivity contribution in [1.29, 1.82) is 0 Å². The summed E-state index contributed by atoms with van der Waals surface area (Å²) in [4.78, 5) is 10.2. The molecule has 0 fully saturated rings. The van der Waals surface area contributed by atoms with Crippen LogP contribution in [-0.4, -0.2) is 17.6 Å². The molecule has 6 heteroatoms. The van der Waals surface area contributed by atoms with Crippen LogP contribution in [0.15, 0.2) is 30.3 Å². The number of carbonyl (C=O) groups is 1. The van der Waals surface area contributed by atoms with Gasteiger partial charge in [0.2, 0.25) is 0 Å². The van der Waals surface area contributed by atoms with E-state index in [1.54, 1.807) is 24.3 Å². The molecule has 15 heavy (non-hydrogen) atoms. The maximum Gasteiger partial charge on any atom is 0.305 e. The van der Waals surface area contributed by atoms with Crippen LogP contribution in [0, 0.1) is 0 Å². The molecule has 0 heterocycles. The molecule has 5 nitrogen and oxygen atoms in total. The summed E-state index contributed by atoms with van der Waals surface area (Å²) >= 11 is 0. The molecule has 1 unspecified atom stereocenters. The second-order valence-corrected chi connectivity index (χ2v) is 3.91. The van der Waals surface area contributed by atoms with Crippen LogP contribution in [0.25, 0.3) is 0 Å². The quantitative estimate of drug-likeness (QED) is 0.723. The molecule has 2 N–H and O–H groups in total. The predicted molar refractivity (Wildman–Crippen MR) is 56.3 cm³/mol. The van der Waals surface area contributed by atoms with Crippen LogP contribution in [-0.2, 0) is 9.36 Å². The SMILES string of the molecule is O=C(O)CCN[PH](=O)Oc1ccccc1. The minimum absolute atomic E-state index is 0.0748. The first-order chi connectivity index (χ1) is 7.18. The summed E-state index contributed by atoms with van der Waals surface area (Å²) in [6, 6.07) is 8.72. The lowest BCUT2D eigenvalue weighted by Crippen LogP contribution is -2.12. The first-order valence-corrected chi connectivity index (χ1v) is 5.72. The maximum absolute atomic E-state index is 11.3. The van der Waals surface area contributed by atoms with Crippen LogP contribution in [0.3, 0.4) is 0 Å². The summed E-state index contributed by atoms with van der Waals surface area (Å²) in [5.74, 6) is -0.429. The number of rotatable bonds is 6. The fourth-order valence-corrected chi connectivity index (χ4v) is 1.65. The van der Waals surface area contributed by atoms with Gasteiger partial charge in [0.25, 0.3) is 0 Å². The lowest BCUT2D eigenvalue weighted by Gasteiger charge is -2.05. The first kappa shape index (κ1) is 11.8. The molecule has 0 aliphatic carbocycles. The van der Waals surface area contributed by atoms with E-state index in [0.29, 0.717) is 5.75 Å². The summed E-state index contributed by atoms with van der Waals surface area (Å²) in [6.45, 7) is 0.139. The number of para-hydroxylation sites is 1. The first-order valence-electron chi connectivity index (χ1n) is 4.41. The Kier molecular flexibility index (Phi) is 4.87. The maximum atomic E-state index is 11.3. The number of hydrogen-bond acceptors (Lipinski definition) is 3.